The maximum absolute atomic E-state index is 13.3. The first-order valence-corrected chi connectivity index (χ1v) is 5.84. The molecule has 6 heteroatoms. The largest absolute Gasteiger partial charge is 0.384 e. The third kappa shape index (κ3) is 2.84. The zero-order valence-electron chi connectivity index (χ0n) is 9.15. The number of nitrogens with one attached hydrogen (secondary N) is 1. The van der Waals surface area contributed by atoms with Gasteiger partial charge in [-0.25, -0.2) is 9.37 Å². The Morgan fingerprint density at radius 2 is 2.11 bits per heavy atom. The number of pyridine rings is 1. The molecule has 1 aromatic carbocycles. The molecule has 0 radical (unpaired) electrons. The molecule has 1 heterocycles. The van der Waals surface area contributed by atoms with Gasteiger partial charge < -0.3 is 11.1 Å². The number of nitrogens with two attached hydrogens (primary N) is 1. The van der Waals surface area contributed by atoms with Crippen LogP contribution in [-0.4, -0.2) is 10.9 Å². The zero-order chi connectivity index (χ0) is 13.1. The predicted octanol–water partition coefficient (Wildman–Crippen LogP) is 2.82. The molecule has 0 saturated carbocycles. The summed E-state index contributed by atoms with van der Waals surface area (Å²) in [5, 5.41) is 2.54. The average Bonchev–Trinajstić information content (AvgIpc) is 2.34. The summed E-state index contributed by atoms with van der Waals surface area (Å²) >= 11 is 3.03. The van der Waals surface area contributed by atoms with Crippen LogP contribution in [0.4, 0.5) is 15.9 Å². The van der Waals surface area contributed by atoms with Gasteiger partial charge in [0.05, 0.1) is 4.47 Å². The third-order valence-corrected chi connectivity index (χ3v) is 2.82. The number of amides is 1. The van der Waals surface area contributed by atoms with Crippen LogP contribution in [0.15, 0.2) is 40.9 Å². The van der Waals surface area contributed by atoms with Gasteiger partial charge in [0.2, 0.25) is 0 Å². The van der Waals surface area contributed by atoms with Crippen molar-refractivity contribution in [3.8, 4) is 0 Å². The van der Waals surface area contributed by atoms with Crippen LogP contribution in [0.5, 0.6) is 0 Å². The van der Waals surface area contributed by atoms with Crippen LogP contribution in [0.2, 0.25) is 0 Å². The molecular formula is C12H9BrFN3O. The Labute approximate surface area is 111 Å². The fraction of sp³-hybridized carbons (Fsp3) is 0. The number of hydrogen-bond acceptors (Lipinski definition) is 3. The number of halogens is 2. The van der Waals surface area contributed by atoms with Crippen LogP contribution in [0.25, 0.3) is 0 Å². The van der Waals surface area contributed by atoms with Crippen molar-refractivity contribution < 1.29 is 9.18 Å². The minimum absolute atomic E-state index is 0.179. The summed E-state index contributed by atoms with van der Waals surface area (Å²) < 4.78 is 13.6. The number of aromatic nitrogens is 1. The Balaban J connectivity index is 2.18. The highest BCUT2D eigenvalue weighted by Gasteiger charge is 2.09. The summed E-state index contributed by atoms with van der Waals surface area (Å²) in [5.74, 6) is -0.637. The Bertz CT molecular complexity index is 604. The number of anilines is 2. The number of rotatable bonds is 2. The normalized spacial score (nSPS) is 10.1. The SMILES string of the molecule is Nc1cccc(C(=O)Nc2ccc(Br)c(F)c2)n1. The van der Waals surface area contributed by atoms with Gasteiger partial charge in [0, 0.05) is 5.69 Å². The first-order chi connectivity index (χ1) is 8.56. The molecule has 0 bridgehead atoms. The monoisotopic (exact) mass is 309 g/mol. The number of benzene rings is 1. The van der Waals surface area contributed by atoms with Crippen LogP contribution < -0.4 is 11.1 Å². The molecule has 0 aliphatic rings. The van der Waals surface area contributed by atoms with E-state index in [1.165, 1.54) is 18.2 Å². The van der Waals surface area contributed by atoms with Gasteiger partial charge in [0.1, 0.15) is 17.3 Å². The lowest BCUT2D eigenvalue weighted by Crippen LogP contribution is -2.14. The smallest absolute Gasteiger partial charge is 0.274 e. The highest BCUT2D eigenvalue weighted by Crippen LogP contribution is 2.19. The number of carbonyl (C=O) groups excluding carboxylic acids is 1. The Morgan fingerprint density at radius 3 is 2.78 bits per heavy atom. The lowest BCUT2D eigenvalue weighted by Gasteiger charge is -2.05. The third-order valence-electron chi connectivity index (χ3n) is 2.18. The second-order valence-electron chi connectivity index (χ2n) is 3.53. The van der Waals surface area contributed by atoms with Gasteiger partial charge in [-0.1, -0.05) is 6.07 Å². The summed E-state index contributed by atoms with van der Waals surface area (Å²) in [6.45, 7) is 0. The van der Waals surface area contributed by atoms with Crippen molar-refractivity contribution in [2.24, 2.45) is 0 Å². The van der Waals surface area contributed by atoms with E-state index in [1.807, 2.05) is 0 Å². The lowest BCUT2D eigenvalue weighted by molar-refractivity contribution is 0.102. The molecule has 3 N–H and O–H groups in total. The molecule has 0 spiro atoms. The van der Waals surface area contributed by atoms with Crippen LogP contribution in [-0.2, 0) is 0 Å². The van der Waals surface area contributed by atoms with Crippen molar-refractivity contribution in [2.45, 2.75) is 0 Å². The highest BCUT2D eigenvalue weighted by atomic mass is 79.9. The second kappa shape index (κ2) is 5.14. The van der Waals surface area contributed by atoms with Crippen LogP contribution in [0.3, 0.4) is 0 Å². The van der Waals surface area contributed by atoms with E-state index < -0.39 is 11.7 Å². The molecular weight excluding hydrogens is 301 g/mol. The first-order valence-electron chi connectivity index (χ1n) is 5.05. The highest BCUT2D eigenvalue weighted by molar-refractivity contribution is 9.10. The van der Waals surface area contributed by atoms with Crippen molar-refractivity contribution in [3.63, 3.8) is 0 Å². The summed E-state index contributed by atoms with van der Waals surface area (Å²) in [4.78, 5) is 15.7. The van der Waals surface area contributed by atoms with Crippen molar-refractivity contribution >= 4 is 33.3 Å². The van der Waals surface area contributed by atoms with Crippen molar-refractivity contribution in [2.75, 3.05) is 11.1 Å². The summed E-state index contributed by atoms with van der Waals surface area (Å²) in [6, 6.07) is 9.04. The van der Waals surface area contributed by atoms with Gasteiger partial charge in [-0.3, -0.25) is 4.79 Å². The first kappa shape index (κ1) is 12.5. The van der Waals surface area contributed by atoms with E-state index in [2.05, 4.69) is 26.2 Å². The number of carbonyl (C=O) groups is 1. The van der Waals surface area contributed by atoms with Crippen molar-refractivity contribution in [1.29, 1.82) is 0 Å². The molecule has 2 rings (SSSR count). The summed E-state index contributed by atoms with van der Waals surface area (Å²) in [5.41, 5.74) is 6.01. The van der Waals surface area contributed by atoms with Gasteiger partial charge in [-0.2, -0.15) is 0 Å². The van der Waals surface area contributed by atoms with Crippen LogP contribution in [0, 0.1) is 5.82 Å². The van der Waals surface area contributed by atoms with Crippen LogP contribution >= 0.6 is 15.9 Å². The quantitative estimate of drug-likeness (QED) is 0.896. The zero-order valence-corrected chi connectivity index (χ0v) is 10.7. The minimum atomic E-state index is -0.451. The molecule has 0 saturated heterocycles. The fourth-order valence-electron chi connectivity index (χ4n) is 1.35. The van der Waals surface area contributed by atoms with Crippen molar-refractivity contribution in [3.05, 3.63) is 52.4 Å². The van der Waals surface area contributed by atoms with E-state index in [0.29, 0.717) is 10.2 Å². The molecule has 4 nitrogen and oxygen atoms in total. The van der Waals surface area contributed by atoms with E-state index in [-0.39, 0.29) is 11.5 Å². The van der Waals surface area contributed by atoms with Gasteiger partial charge in [-0.15, -0.1) is 0 Å². The molecule has 2 aromatic rings. The molecule has 0 atom stereocenters. The van der Waals surface area contributed by atoms with Gasteiger partial charge >= 0.3 is 0 Å². The topological polar surface area (TPSA) is 68.0 Å². The molecule has 1 aromatic heterocycles. The average molecular weight is 310 g/mol. The lowest BCUT2D eigenvalue weighted by atomic mass is 10.3. The standard InChI is InChI=1S/C12H9BrFN3O/c13-8-5-4-7(6-9(8)14)16-12(18)10-2-1-3-11(15)17-10/h1-6H,(H2,15,17)(H,16,18). The van der Waals surface area contributed by atoms with E-state index in [9.17, 15) is 9.18 Å². The summed E-state index contributed by atoms with van der Waals surface area (Å²) in [6.07, 6.45) is 0. The summed E-state index contributed by atoms with van der Waals surface area (Å²) in [7, 11) is 0. The van der Waals surface area contributed by atoms with E-state index in [4.69, 9.17) is 5.73 Å². The molecule has 0 unspecified atom stereocenters. The van der Waals surface area contributed by atoms with E-state index in [0.717, 1.165) is 0 Å². The molecule has 0 aliphatic carbocycles. The molecule has 1 amide bonds. The number of hydrogen-bond donors (Lipinski definition) is 2. The number of nitrogens with zero attached hydrogens (tertiary/aromatic N) is 1. The van der Waals surface area contributed by atoms with Gasteiger partial charge in [0.25, 0.3) is 5.91 Å². The maximum atomic E-state index is 13.3. The fourth-order valence-corrected chi connectivity index (χ4v) is 1.59. The Morgan fingerprint density at radius 1 is 1.33 bits per heavy atom. The molecule has 92 valence electrons. The molecule has 18 heavy (non-hydrogen) atoms. The van der Waals surface area contributed by atoms with Crippen LogP contribution in [0.1, 0.15) is 10.5 Å². The second-order valence-corrected chi connectivity index (χ2v) is 4.39. The number of nitrogen functional groups attached to an aromatic ring is 1. The maximum Gasteiger partial charge on any atom is 0.274 e. The van der Waals surface area contributed by atoms with E-state index in [1.54, 1.807) is 18.2 Å². The van der Waals surface area contributed by atoms with Gasteiger partial charge in [-0.05, 0) is 46.3 Å². The Kier molecular flexibility index (Phi) is 3.57. The Hall–Kier alpha value is -1.95. The van der Waals surface area contributed by atoms with E-state index >= 15 is 0 Å². The van der Waals surface area contributed by atoms with Gasteiger partial charge in [0.15, 0.2) is 0 Å². The minimum Gasteiger partial charge on any atom is -0.384 e. The molecule has 0 fully saturated rings. The predicted molar refractivity (Wildman–Crippen MR) is 70.7 cm³/mol. The van der Waals surface area contributed by atoms with Crippen molar-refractivity contribution in [1.82, 2.24) is 4.98 Å². The molecule has 0 aliphatic heterocycles.